The van der Waals surface area contributed by atoms with E-state index >= 15 is 0 Å². The highest BCUT2D eigenvalue weighted by molar-refractivity contribution is 9.09. The van der Waals surface area contributed by atoms with Crippen LogP contribution in [0, 0.1) is 0 Å². The van der Waals surface area contributed by atoms with Crippen molar-refractivity contribution in [2.24, 2.45) is 7.05 Å². The summed E-state index contributed by atoms with van der Waals surface area (Å²) >= 11 is 8.81. The summed E-state index contributed by atoms with van der Waals surface area (Å²) in [5.41, 5.74) is 0. The SMILES string of the molecule is Cn1ncc(Cl)c1S(=O)(=O)NCCBr. The molecule has 1 rings (SSSR count). The highest BCUT2D eigenvalue weighted by atomic mass is 79.9. The van der Waals surface area contributed by atoms with Crippen LogP contribution in [0.5, 0.6) is 0 Å². The minimum atomic E-state index is -3.55. The van der Waals surface area contributed by atoms with Gasteiger partial charge < -0.3 is 0 Å². The molecule has 0 aromatic carbocycles. The van der Waals surface area contributed by atoms with Crippen LogP contribution in [0.15, 0.2) is 11.2 Å². The molecule has 0 aliphatic carbocycles. The number of hydrogen-bond acceptors (Lipinski definition) is 3. The van der Waals surface area contributed by atoms with Gasteiger partial charge in [-0.1, -0.05) is 27.5 Å². The van der Waals surface area contributed by atoms with E-state index in [1.165, 1.54) is 17.9 Å². The van der Waals surface area contributed by atoms with Crippen molar-refractivity contribution in [3.8, 4) is 0 Å². The van der Waals surface area contributed by atoms with Gasteiger partial charge in [-0.05, 0) is 0 Å². The summed E-state index contributed by atoms with van der Waals surface area (Å²) in [6, 6.07) is 0. The van der Waals surface area contributed by atoms with E-state index in [0.29, 0.717) is 11.9 Å². The lowest BCUT2D eigenvalue weighted by molar-refractivity contribution is 0.565. The van der Waals surface area contributed by atoms with E-state index in [-0.39, 0.29) is 10.0 Å². The molecule has 0 fully saturated rings. The second kappa shape index (κ2) is 4.61. The van der Waals surface area contributed by atoms with Crippen LogP contribution in [0.3, 0.4) is 0 Å². The number of sulfonamides is 1. The van der Waals surface area contributed by atoms with Gasteiger partial charge in [0.2, 0.25) is 0 Å². The predicted molar refractivity (Wildman–Crippen MR) is 57.2 cm³/mol. The molecule has 1 aromatic heterocycles. The van der Waals surface area contributed by atoms with Crippen molar-refractivity contribution in [1.82, 2.24) is 14.5 Å². The average molecular weight is 303 g/mol. The molecule has 1 N–H and O–H groups in total. The Morgan fingerprint density at radius 2 is 2.36 bits per heavy atom. The number of aromatic nitrogens is 2. The largest absolute Gasteiger partial charge is 0.259 e. The Bertz CT molecular complexity index is 397. The van der Waals surface area contributed by atoms with Gasteiger partial charge in [0.05, 0.1) is 11.2 Å². The lowest BCUT2D eigenvalue weighted by atomic mass is 10.7. The molecule has 5 nitrogen and oxygen atoms in total. The van der Waals surface area contributed by atoms with Gasteiger partial charge >= 0.3 is 0 Å². The zero-order valence-electron chi connectivity index (χ0n) is 7.37. The molecule has 0 spiro atoms. The Hall–Kier alpha value is -0.110. The molecular weight excluding hydrogens is 294 g/mol. The maximum absolute atomic E-state index is 11.6. The van der Waals surface area contributed by atoms with E-state index in [1.54, 1.807) is 0 Å². The molecule has 0 radical (unpaired) electrons. The number of rotatable bonds is 4. The van der Waals surface area contributed by atoms with Crippen molar-refractivity contribution < 1.29 is 8.42 Å². The first-order chi connectivity index (χ1) is 6.49. The minimum Gasteiger partial charge on any atom is -0.255 e. The summed E-state index contributed by atoms with van der Waals surface area (Å²) in [5.74, 6) is 0. The van der Waals surface area contributed by atoms with E-state index in [1.807, 2.05) is 0 Å². The van der Waals surface area contributed by atoms with Gasteiger partial charge in [0.25, 0.3) is 10.0 Å². The monoisotopic (exact) mass is 301 g/mol. The lowest BCUT2D eigenvalue weighted by Gasteiger charge is -2.05. The fraction of sp³-hybridized carbons (Fsp3) is 0.500. The number of hydrogen-bond donors (Lipinski definition) is 1. The fourth-order valence-corrected chi connectivity index (χ4v) is 3.09. The summed E-state index contributed by atoms with van der Waals surface area (Å²) in [7, 11) is -2.03. The summed E-state index contributed by atoms with van der Waals surface area (Å²) < 4.78 is 26.8. The minimum absolute atomic E-state index is 0.0138. The summed E-state index contributed by atoms with van der Waals surface area (Å²) in [6.07, 6.45) is 1.30. The zero-order chi connectivity index (χ0) is 10.8. The second-order valence-electron chi connectivity index (χ2n) is 2.51. The van der Waals surface area contributed by atoms with E-state index < -0.39 is 10.0 Å². The zero-order valence-corrected chi connectivity index (χ0v) is 10.5. The molecule has 14 heavy (non-hydrogen) atoms. The Morgan fingerprint density at radius 3 is 2.79 bits per heavy atom. The standard InChI is InChI=1S/C6H9BrClN3O2S/c1-11-6(5(8)4-9-11)14(12,13)10-3-2-7/h4,10H,2-3H2,1H3. The average Bonchev–Trinajstić information content (AvgIpc) is 2.43. The topological polar surface area (TPSA) is 64.0 Å². The number of aryl methyl sites for hydroxylation is 1. The van der Waals surface area contributed by atoms with Crippen LogP contribution in [-0.2, 0) is 17.1 Å². The van der Waals surface area contributed by atoms with Crippen molar-refractivity contribution >= 4 is 37.6 Å². The van der Waals surface area contributed by atoms with Crippen molar-refractivity contribution in [2.45, 2.75) is 5.03 Å². The summed E-state index contributed by atoms with van der Waals surface area (Å²) in [4.78, 5) is 0. The van der Waals surface area contributed by atoms with Gasteiger partial charge in [0.15, 0.2) is 5.03 Å². The van der Waals surface area contributed by atoms with Crippen molar-refractivity contribution in [2.75, 3.05) is 11.9 Å². The Kier molecular flexibility index (Phi) is 3.94. The molecule has 0 aliphatic rings. The molecular formula is C6H9BrClN3O2S. The highest BCUT2D eigenvalue weighted by Crippen LogP contribution is 2.19. The molecule has 0 saturated carbocycles. The molecule has 1 aromatic rings. The third-order valence-electron chi connectivity index (χ3n) is 1.48. The first-order valence-corrected chi connectivity index (χ1v) is 6.70. The molecule has 0 unspecified atom stereocenters. The van der Waals surface area contributed by atoms with Crippen LogP contribution in [0.25, 0.3) is 0 Å². The van der Waals surface area contributed by atoms with Crippen LogP contribution in [0.4, 0.5) is 0 Å². The quantitative estimate of drug-likeness (QED) is 0.835. The highest BCUT2D eigenvalue weighted by Gasteiger charge is 2.21. The van der Waals surface area contributed by atoms with Crippen molar-refractivity contribution in [3.05, 3.63) is 11.2 Å². The molecule has 0 atom stereocenters. The first-order valence-electron chi connectivity index (χ1n) is 3.72. The maximum Gasteiger partial charge on any atom is 0.259 e. The number of nitrogens with zero attached hydrogens (tertiary/aromatic N) is 2. The smallest absolute Gasteiger partial charge is 0.255 e. The molecule has 8 heteroatoms. The molecule has 0 aliphatic heterocycles. The normalized spacial score (nSPS) is 11.9. The van der Waals surface area contributed by atoms with Gasteiger partial charge in [-0.3, -0.25) is 4.68 Å². The molecule has 0 bridgehead atoms. The van der Waals surface area contributed by atoms with Crippen LogP contribution in [-0.4, -0.2) is 30.1 Å². The van der Waals surface area contributed by atoms with Crippen molar-refractivity contribution in [1.29, 1.82) is 0 Å². The van der Waals surface area contributed by atoms with E-state index in [2.05, 4.69) is 25.8 Å². The van der Waals surface area contributed by atoms with E-state index in [0.717, 1.165) is 0 Å². The predicted octanol–water partition coefficient (Wildman–Crippen LogP) is 0.747. The maximum atomic E-state index is 11.6. The Morgan fingerprint density at radius 1 is 1.71 bits per heavy atom. The van der Waals surface area contributed by atoms with Crippen LogP contribution < -0.4 is 4.72 Å². The Balaban J connectivity index is 3.04. The van der Waals surface area contributed by atoms with Crippen molar-refractivity contribution in [3.63, 3.8) is 0 Å². The summed E-state index contributed by atoms with van der Waals surface area (Å²) in [6.45, 7) is 0.309. The third-order valence-corrected chi connectivity index (χ3v) is 3.85. The molecule has 0 amide bonds. The third kappa shape index (κ3) is 2.47. The van der Waals surface area contributed by atoms with Gasteiger partial charge in [-0.2, -0.15) is 5.10 Å². The molecule has 0 saturated heterocycles. The van der Waals surface area contributed by atoms with Gasteiger partial charge in [-0.25, -0.2) is 13.1 Å². The number of halogens is 2. The van der Waals surface area contributed by atoms with Crippen LogP contribution in [0.1, 0.15) is 0 Å². The first kappa shape index (κ1) is 12.0. The molecule has 80 valence electrons. The number of alkyl halides is 1. The van der Waals surface area contributed by atoms with Crippen LogP contribution >= 0.6 is 27.5 Å². The van der Waals surface area contributed by atoms with Gasteiger partial charge in [0, 0.05) is 18.9 Å². The van der Waals surface area contributed by atoms with Gasteiger partial charge in [0.1, 0.15) is 0 Å². The lowest BCUT2D eigenvalue weighted by Crippen LogP contribution is -2.27. The van der Waals surface area contributed by atoms with E-state index in [4.69, 9.17) is 11.6 Å². The number of nitrogens with one attached hydrogen (secondary N) is 1. The van der Waals surface area contributed by atoms with E-state index in [9.17, 15) is 8.42 Å². The van der Waals surface area contributed by atoms with Gasteiger partial charge in [-0.15, -0.1) is 0 Å². The summed E-state index contributed by atoms with van der Waals surface area (Å²) in [5, 5.41) is 4.39. The van der Waals surface area contributed by atoms with Crippen LogP contribution in [0.2, 0.25) is 5.02 Å². The molecule has 1 heterocycles. The fourth-order valence-electron chi connectivity index (χ4n) is 0.943. The Labute approximate surface area is 95.6 Å². The second-order valence-corrected chi connectivity index (χ2v) is 5.39.